The number of rotatable bonds is 1. The zero-order valence-electron chi connectivity index (χ0n) is 12.7. The summed E-state index contributed by atoms with van der Waals surface area (Å²) >= 11 is 0. The van der Waals surface area contributed by atoms with E-state index in [2.05, 4.69) is 14.9 Å². The van der Waals surface area contributed by atoms with Crippen LogP contribution in [-0.4, -0.2) is 53.0 Å². The van der Waals surface area contributed by atoms with Crippen LogP contribution < -0.4 is 10.6 Å². The van der Waals surface area contributed by atoms with Gasteiger partial charge in [-0.1, -0.05) is 0 Å². The van der Waals surface area contributed by atoms with Crippen LogP contribution in [-0.2, 0) is 4.74 Å². The highest BCUT2D eigenvalue weighted by Gasteiger charge is 2.54. The normalized spacial score (nSPS) is 38.4. The predicted molar refractivity (Wildman–Crippen MR) is 79.8 cm³/mol. The van der Waals surface area contributed by atoms with Crippen molar-refractivity contribution in [3.63, 3.8) is 0 Å². The summed E-state index contributed by atoms with van der Waals surface area (Å²) in [5.74, 6) is 1.31. The summed E-state index contributed by atoms with van der Waals surface area (Å²) in [7, 11) is 0. The van der Waals surface area contributed by atoms with E-state index in [-0.39, 0.29) is 5.60 Å². The van der Waals surface area contributed by atoms with Gasteiger partial charge in [0.15, 0.2) is 6.35 Å². The first-order valence-electron chi connectivity index (χ1n) is 7.80. The van der Waals surface area contributed by atoms with E-state index in [4.69, 9.17) is 10.5 Å². The van der Waals surface area contributed by atoms with Gasteiger partial charge >= 0.3 is 0 Å². The maximum Gasteiger partial charge on any atom is 0.228 e. The van der Waals surface area contributed by atoms with E-state index in [0.717, 1.165) is 24.3 Å². The molecule has 4 saturated heterocycles. The van der Waals surface area contributed by atoms with Gasteiger partial charge in [0.2, 0.25) is 5.95 Å². The molecule has 0 aliphatic carbocycles. The highest BCUT2D eigenvalue weighted by atomic mass is 16.6. The number of fused-ring (bicyclic) bond motifs is 2. The molecule has 0 aromatic carbocycles. The molecule has 2 atom stereocenters. The predicted octanol–water partition coefficient (Wildman–Crippen LogP) is 0.637. The molecular weight excluding hydrogens is 266 g/mol. The van der Waals surface area contributed by atoms with E-state index in [0.29, 0.717) is 11.9 Å². The zero-order valence-corrected chi connectivity index (χ0v) is 12.7. The Morgan fingerprint density at radius 2 is 2.05 bits per heavy atom. The summed E-state index contributed by atoms with van der Waals surface area (Å²) in [5, 5.41) is 0. The van der Waals surface area contributed by atoms with Crippen LogP contribution >= 0.6 is 0 Å². The summed E-state index contributed by atoms with van der Waals surface area (Å²) in [4.78, 5) is 13.6. The molecule has 1 aromatic heterocycles. The van der Waals surface area contributed by atoms with Crippen molar-refractivity contribution in [3.8, 4) is 0 Å². The van der Waals surface area contributed by atoms with Crippen molar-refractivity contribution < 1.29 is 4.74 Å². The fraction of sp³-hybridized carbons (Fsp3) is 0.733. The molecule has 4 aliphatic heterocycles. The Hall–Kier alpha value is -1.24. The molecule has 5 heterocycles. The van der Waals surface area contributed by atoms with Crippen LogP contribution in [0.5, 0.6) is 0 Å². The maximum absolute atomic E-state index is 6.24. The van der Waals surface area contributed by atoms with Gasteiger partial charge in [0.1, 0.15) is 5.60 Å². The molecule has 1 spiro atoms. The largest absolute Gasteiger partial charge is 0.335 e. The molecular formula is C15H23N5O. The van der Waals surface area contributed by atoms with Crippen molar-refractivity contribution in [2.75, 3.05) is 31.1 Å². The van der Waals surface area contributed by atoms with Crippen LogP contribution in [0.4, 0.5) is 5.95 Å². The highest BCUT2D eigenvalue weighted by Crippen LogP contribution is 2.43. The summed E-state index contributed by atoms with van der Waals surface area (Å²) < 4.78 is 6.24. The van der Waals surface area contributed by atoms with Crippen molar-refractivity contribution in [3.05, 3.63) is 17.5 Å². The molecule has 2 N–H and O–H groups in total. The Morgan fingerprint density at radius 1 is 1.29 bits per heavy atom. The number of ether oxygens (including phenoxy) is 1. The van der Waals surface area contributed by atoms with Crippen LogP contribution in [0.15, 0.2) is 6.20 Å². The van der Waals surface area contributed by atoms with E-state index in [9.17, 15) is 0 Å². The van der Waals surface area contributed by atoms with Crippen LogP contribution in [0.2, 0.25) is 0 Å². The molecule has 6 heteroatoms. The lowest BCUT2D eigenvalue weighted by Crippen LogP contribution is -2.61. The molecule has 4 fully saturated rings. The Balaban J connectivity index is 1.62. The van der Waals surface area contributed by atoms with E-state index in [1.54, 1.807) is 0 Å². The van der Waals surface area contributed by atoms with Crippen molar-refractivity contribution in [2.24, 2.45) is 11.7 Å². The molecule has 6 nitrogen and oxygen atoms in total. The Bertz CT molecular complexity index is 557. The molecule has 114 valence electrons. The molecule has 0 radical (unpaired) electrons. The number of aryl methyl sites for hydroxylation is 2. The molecule has 1 aromatic rings. The lowest BCUT2D eigenvalue weighted by molar-refractivity contribution is -0.137. The second-order valence-electron chi connectivity index (χ2n) is 6.69. The molecule has 2 unspecified atom stereocenters. The number of piperidine rings is 3. The number of hydrogen-bond donors (Lipinski definition) is 1. The van der Waals surface area contributed by atoms with Crippen LogP contribution in [0, 0.1) is 19.8 Å². The first kappa shape index (κ1) is 13.4. The van der Waals surface area contributed by atoms with Crippen LogP contribution in [0.1, 0.15) is 24.1 Å². The second-order valence-corrected chi connectivity index (χ2v) is 6.69. The van der Waals surface area contributed by atoms with E-state index in [1.165, 1.54) is 25.9 Å². The average molecular weight is 289 g/mol. The third kappa shape index (κ3) is 2.05. The minimum atomic E-state index is -0.437. The lowest BCUT2D eigenvalue weighted by atomic mass is 9.75. The van der Waals surface area contributed by atoms with Gasteiger partial charge in [-0.05, 0) is 51.3 Å². The Morgan fingerprint density at radius 3 is 2.67 bits per heavy atom. The first-order chi connectivity index (χ1) is 10.1. The SMILES string of the molecule is Cc1cnc(N2CC3(CN4CCC3CC4)OC2N)nc1C. The second kappa shape index (κ2) is 4.63. The van der Waals surface area contributed by atoms with Gasteiger partial charge in [-0.15, -0.1) is 0 Å². The van der Waals surface area contributed by atoms with Crippen molar-refractivity contribution in [1.29, 1.82) is 0 Å². The fourth-order valence-electron chi connectivity index (χ4n) is 3.99. The van der Waals surface area contributed by atoms with Gasteiger partial charge in [-0.3, -0.25) is 10.6 Å². The minimum Gasteiger partial charge on any atom is -0.335 e. The molecule has 2 bridgehead atoms. The van der Waals surface area contributed by atoms with E-state index < -0.39 is 6.35 Å². The van der Waals surface area contributed by atoms with Gasteiger partial charge in [0.05, 0.1) is 6.54 Å². The van der Waals surface area contributed by atoms with Gasteiger partial charge in [0, 0.05) is 18.4 Å². The molecule has 21 heavy (non-hydrogen) atoms. The number of anilines is 1. The monoisotopic (exact) mass is 289 g/mol. The van der Waals surface area contributed by atoms with Gasteiger partial charge in [-0.2, -0.15) is 0 Å². The highest BCUT2D eigenvalue weighted by molar-refractivity contribution is 5.36. The third-order valence-electron chi connectivity index (χ3n) is 5.39. The van der Waals surface area contributed by atoms with Crippen molar-refractivity contribution in [2.45, 2.75) is 38.6 Å². The Labute approximate surface area is 125 Å². The van der Waals surface area contributed by atoms with Crippen molar-refractivity contribution in [1.82, 2.24) is 14.9 Å². The molecule has 4 aliphatic rings. The van der Waals surface area contributed by atoms with E-state index >= 15 is 0 Å². The first-order valence-corrected chi connectivity index (χ1v) is 7.80. The maximum atomic E-state index is 6.24. The molecule has 5 rings (SSSR count). The minimum absolute atomic E-state index is 0.127. The summed E-state index contributed by atoms with van der Waals surface area (Å²) in [6.07, 6.45) is 3.86. The van der Waals surface area contributed by atoms with Gasteiger partial charge in [0.25, 0.3) is 0 Å². The standard InChI is InChI=1S/C15H23N5O/c1-10-7-17-14(18-11(10)2)20-9-15(21-13(20)16)8-19-5-3-12(15)4-6-19/h7,12-13H,3-6,8-9,16H2,1-2H3. The number of hydrogen-bond acceptors (Lipinski definition) is 6. The third-order valence-corrected chi connectivity index (χ3v) is 5.39. The summed E-state index contributed by atoms with van der Waals surface area (Å²) in [6.45, 7) is 8.22. The van der Waals surface area contributed by atoms with Crippen LogP contribution in [0.25, 0.3) is 0 Å². The smallest absolute Gasteiger partial charge is 0.228 e. The molecule has 0 amide bonds. The quantitative estimate of drug-likeness (QED) is 0.818. The topological polar surface area (TPSA) is 67.5 Å². The zero-order chi connectivity index (χ0) is 14.6. The lowest BCUT2D eigenvalue weighted by Gasteiger charge is -2.50. The van der Waals surface area contributed by atoms with Gasteiger partial charge in [-0.25, -0.2) is 9.97 Å². The summed E-state index contributed by atoms with van der Waals surface area (Å²) in [5.41, 5.74) is 8.22. The fourth-order valence-corrected chi connectivity index (χ4v) is 3.99. The van der Waals surface area contributed by atoms with Crippen molar-refractivity contribution >= 4 is 5.95 Å². The number of aromatic nitrogens is 2. The number of nitrogens with two attached hydrogens (primary N) is 1. The van der Waals surface area contributed by atoms with Gasteiger partial charge < -0.3 is 9.64 Å². The average Bonchev–Trinajstić information content (AvgIpc) is 2.79. The van der Waals surface area contributed by atoms with Crippen LogP contribution in [0.3, 0.4) is 0 Å². The Kier molecular flexibility index (Phi) is 2.96. The molecule has 0 saturated carbocycles. The van der Waals surface area contributed by atoms with E-state index in [1.807, 2.05) is 24.9 Å². The number of nitrogens with zero attached hydrogens (tertiary/aromatic N) is 4. The summed E-state index contributed by atoms with van der Waals surface area (Å²) in [6, 6.07) is 0.